The van der Waals surface area contributed by atoms with Crippen LogP contribution in [0.15, 0.2) is 66.7 Å². The molecule has 2 atom stereocenters. The maximum absolute atomic E-state index is 13.5. The van der Waals surface area contributed by atoms with Gasteiger partial charge >= 0.3 is 0 Å². The van der Waals surface area contributed by atoms with Gasteiger partial charge in [0.2, 0.25) is 0 Å². The van der Waals surface area contributed by atoms with Gasteiger partial charge in [0, 0.05) is 12.1 Å². The van der Waals surface area contributed by atoms with Crippen molar-refractivity contribution in [1.82, 2.24) is 5.32 Å². The van der Waals surface area contributed by atoms with Gasteiger partial charge in [-0.25, -0.2) is 8.78 Å². The fourth-order valence-electron chi connectivity index (χ4n) is 2.71. The summed E-state index contributed by atoms with van der Waals surface area (Å²) in [4.78, 5) is 0. The predicted octanol–water partition coefficient (Wildman–Crippen LogP) is 5.01. The summed E-state index contributed by atoms with van der Waals surface area (Å²) in [6.45, 7) is 1.89. The predicted molar refractivity (Wildman–Crippen MR) is 90.3 cm³/mol. The highest BCUT2D eigenvalue weighted by molar-refractivity contribution is 5.32. The normalized spacial score (nSPS) is 12.3. The molecule has 0 heterocycles. The summed E-state index contributed by atoms with van der Waals surface area (Å²) in [7, 11) is 0. The van der Waals surface area contributed by atoms with Gasteiger partial charge in [-0.1, -0.05) is 42.5 Å². The second-order valence-corrected chi connectivity index (χ2v) is 5.68. The molecular formula is C21H17F2N. The Bertz CT molecular complexity index is 728. The molecule has 1 nitrogen and oxygen atoms in total. The molecule has 0 spiro atoms. The largest absolute Gasteiger partial charge is 0.300 e. The van der Waals surface area contributed by atoms with Crippen LogP contribution in [0.5, 0.6) is 0 Å². The Balaban J connectivity index is 1.92. The van der Waals surface area contributed by atoms with E-state index >= 15 is 0 Å². The fraction of sp³-hybridized carbons (Fsp3) is 0.143. The fourth-order valence-corrected chi connectivity index (χ4v) is 2.71. The van der Waals surface area contributed by atoms with Crippen molar-refractivity contribution in [2.75, 3.05) is 0 Å². The first-order valence-electron chi connectivity index (χ1n) is 7.78. The molecule has 3 heteroatoms. The molecular weight excluding hydrogens is 304 g/mol. The zero-order chi connectivity index (χ0) is 16.9. The highest BCUT2D eigenvalue weighted by Gasteiger charge is 2.18. The highest BCUT2D eigenvalue weighted by atomic mass is 19.1. The van der Waals surface area contributed by atoms with E-state index in [4.69, 9.17) is 0 Å². The minimum Gasteiger partial charge on any atom is -0.300 e. The molecule has 24 heavy (non-hydrogen) atoms. The van der Waals surface area contributed by atoms with Crippen LogP contribution < -0.4 is 5.32 Å². The van der Waals surface area contributed by atoms with Crippen LogP contribution in [0.3, 0.4) is 0 Å². The molecule has 0 amide bonds. The van der Waals surface area contributed by atoms with E-state index in [1.54, 1.807) is 12.1 Å². The van der Waals surface area contributed by atoms with E-state index in [0.717, 1.165) is 17.2 Å². The molecule has 0 aliphatic carbocycles. The van der Waals surface area contributed by atoms with Crippen LogP contribution in [-0.4, -0.2) is 0 Å². The van der Waals surface area contributed by atoms with Gasteiger partial charge in [0.1, 0.15) is 11.6 Å². The number of hydrogen-bond acceptors (Lipinski definition) is 1. The maximum atomic E-state index is 13.5. The van der Waals surface area contributed by atoms with Gasteiger partial charge < -0.3 is 0 Å². The van der Waals surface area contributed by atoms with E-state index in [1.807, 2.05) is 43.3 Å². The van der Waals surface area contributed by atoms with Crippen LogP contribution in [0.1, 0.15) is 35.7 Å². The lowest BCUT2D eigenvalue weighted by Crippen LogP contribution is -2.26. The number of hydrogen-bond donors (Lipinski definition) is 1. The lowest BCUT2D eigenvalue weighted by molar-refractivity contribution is 0.505. The molecule has 2 radical (unpaired) electrons. The quantitative estimate of drug-likeness (QED) is 0.697. The van der Waals surface area contributed by atoms with Crippen molar-refractivity contribution >= 4 is 0 Å². The van der Waals surface area contributed by atoms with E-state index in [1.165, 1.54) is 12.1 Å². The minimum absolute atomic E-state index is 0.148. The van der Waals surface area contributed by atoms with Crippen molar-refractivity contribution in [2.45, 2.75) is 19.0 Å². The van der Waals surface area contributed by atoms with Crippen molar-refractivity contribution in [3.63, 3.8) is 0 Å². The summed E-state index contributed by atoms with van der Waals surface area (Å²) in [6, 6.07) is 24.8. The standard InChI is InChI=1S/C21H17F2N/c1-15(18-12-19(22)14-20(23)13-18)24-21(16-8-4-2-5-9-16)17-10-6-3-7-11-17/h2-6,8-9,11-15,21,24H,1H3/t15-,21?/m1/s1. The zero-order valence-electron chi connectivity index (χ0n) is 13.3. The Morgan fingerprint density at radius 3 is 2.25 bits per heavy atom. The summed E-state index contributed by atoms with van der Waals surface area (Å²) in [5, 5.41) is 3.44. The molecule has 0 aliphatic heterocycles. The molecule has 0 aromatic heterocycles. The monoisotopic (exact) mass is 321 g/mol. The molecule has 0 aliphatic rings. The Hall–Kier alpha value is -2.52. The molecule has 0 saturated carbocycles. The molecule has 1 unspecified atom stereocenters. The molecule has 0 bridgehead atoms. The second kappa shape index (κ2) is 7.37. The smallest absolute Gasteiger partial charge is 0.126 e. The van der Waals surface area contributed by atoms with Gasteiger partial charge in [0.05, 0.1) is 6.04 Å². The van der Waals surface area contributed by atoms with Gasteiger partial charge in [-0.15, -0.1) is 0 Å². The molecule has 120 valence electrons. The maximum Gasteiger partial charge on any atom is 0.126 e. The molecule has 3 rings (SSSR count). The van der Waals surface area contributed by atoms with E-state index in [9.17, 15) is 8.78 Å². The summed E-state index contributed by atoms with van der Waals surface area (Å²) in [5.74, 6) is -1.15. The molecule has 0 saturated heterocycles. The topological polar surface area (TPSA) is 12.0 Å². The first-order valence-corrected chi connectivity index (χ1v) is 7.78. The number of nitrogens with one attached hydrogen (secondary N) is 1. The van der Waals surface area contributed by atoms with E-state index in [2.05, 4.69) is 17.4 Å². The Morgan fingerprint density at radius 2 is 1.62 bits per heavy atom. The molecule has 3 aromatic carbocycles. The van der Waals surface area contributed by atoms with E-state index < -0.39 is 11.6 Å². The number of benzene rings is 3. The van der Waals surface area contributed by atoms with Gasteiger partial charge in [-0.2, -0.15) is 0 Å². The van der Waals surface area contributed by atoms with Crippen LogP contribution >= 0.6 is 0 Å². The zero-order valence-corrected chi connectivity index (χ0v) is 13.3. The van der Waals surface area contributed by atoms with Crippen molar-refractivity contribution in [3.8, 4) is 0 Å². The molecule has 1 N–H and O–H groups in total. The van der Waals surface area contributed by atoms with Crippen molar-refractivity contribution in [3.05, 3.63) is 107 Å². The summed E-state index contributed by atoms with van der Waals surface area (Å²) >= 11 is 0. The molecule has 3 aromatic rings. The van der Waals surface area contributed by atoms with Crippen LogP contribution in [0.4, 0.5) is 8.78 Å². The Labute approximate surface area is 141 Å². The Kier molecular flexibility index (Phi) is 5.02. The third kappa shape index (κ3) is 3.87. The van der Waals surface area contributed by atoms with Crippen LogP contribution in [-0.2, 0) is 0 Å². The van der Waals surface area contributed by atoms with Gasteiger partial charge in [0.25, 0.3) is 0 Å². The second-order valence-electron chi connectivity index (χ2n) is 5.68. The van der Waals surface area contributed by atoms with E-state index in [0.29, 0.717) is 5.56 Å². The van der Waals surface area contributed by atoms with Crippen molar-refractivity contribution in [2.24, 2.45) is 0 Å². The summed E-state index contributed by atoms with van der Waals surface area (Å²) in [5.41, 5.74) is 2.54. The van der Waals surface area contributed by atoms with Crippen LogP contribution in [0.2, 0.25) is 0 Å². The van der Waals surface area contributed by atoms with Crippen molar-refractivity contribution < 1.29 is 8.78 Å². The third-order valence-electron chi connectivity index (χ3n) is 3.91. The number of rotatable bonds is 5. The summed E-state index contributed by atoms with van der Waals surface area (Å²) < 4.78 is 27.0. The van der Waals surface area contributed by atoms with Gasteiger partial charge in [-0.05, 0) is 53.9 Å². The highest BCUT2D eigenvalue weighted by Crippen LogP contribution is 2.26. The average molecular weight is 321 g/mol. The summed E-state index contributed by atoms with van der Waals surface area (Å²) in [6.07, 6.45) is 0. The van der Waals surface area contributed by atoms with Crippen molar-refractivity contribution in [1.29, 1.82) is 0 Å². The van der Waals surface area contributed by atoms with E-state index in [-0.39, 0.29) is 12.1 Å². The van der Waals surface area contributed by atoms with Gasteiger partial charge in [-0.3, -0.25) is 5.32 Å². The first kappa shape index (κ1) is 16.3. The lowest BCUT2D eigenvalue weighted by Gasteiger charge is -2.24. The first-order chi connectivity index (χ1) is 11.6. The lowest BCUT2D eigenvalue weighted by atomic mass is 9.96. The molecule has 0 fully saturated rings. The van der Waals surface area contributed by atoms with Crippen LogP contribution in [0, 0.1) is 23.8 Å². The third-order valence-corrected chi connectivity index (χ3v) is 3.91. The Morgan fingerprint density at radius 1 is 0.917 bits per heavy atom. The number of halogens is 2. The minimum atomic E-state index is -0.575. The van der Waals surface area contributed by atoms with Gasteiger partial charge in [0.15, 0.2) is 0 Å². The average Bonchev–Trinajstić information content (AvgIpc) is 2.60. The van der Waals surface area contributed by atoms with Crippen LogP contribution in [0.25, 0.3) is 0 Å². The SMILES string of the molecule is C[C@@H](NC(c1[c]cc[c]c1)c1ccccc1)c1cc(F)cc(F)c1.